The van der Waals surface area contributed by atoms with Crippen molar-refractivity contribution < 1.29 is 0 Å². The fourth-order valence-corrected chi connectivity index (χ4v) is 1.81. The monoisotopic (exact) mass is 316 g/mol. The Kier molecular flexibility index (Phi) is 7.47. The van der Waals surface area contributed by atoms with Crippen molar-refractivity contribution >= 4 is 46.3 Å². The number of thiocarbonyl (C=S) groups is 2. The minimum absolute atomic E-state index is 0.509. The second-order valence-electron chi connectivity index (χ2n) is 3.74. The fraction of sp³-hybridized carbons (Fsp3) is 0.333. The smallest absolute Gasteiger partial charge is 0.185 e. The van der Waals surface area contributed by atoms with E-state index in [4.69, 9.17) is 36.0 Å². The molecule has 4 N–H and O–H groups in total. The second-order valence-corrected chi connectivity index (χ2v) is 4.99. The summed E-state index contributed by atoms with van der Waals surface area (Å²) in [6.07, 6.45) is 0.872. The average Bonchev–Trinajstić information content (AvgIpc) is 2.39. The van der Waals surface area contributed by atoms with Gasteiger partial charge in [0.15, 0.2) is 10.2 Å². The molecule has 0 aromatic heterocycles. The van der Waals surface area contributed by atoms with Gasteiger partial charge in [-0.05, 0) is 55.5 Å². The molecular weight excluding hydrogens is 300 g/mol. The first-order chi connectivity index (χ1) is 9.11. The van der Waals surface area contributed by atoms with Gasteiger partial charge in [-0.2, -0.15) is 0 Å². The van der Waals surface area contributed by atoms with Crippen LogP contribution in [0, 0.1) is 0 Å². The van der Waals surface area contributed by atoms with Gasteiger partial charge >= 0.3 is 0 Å². The van der Waals surface area contributed by atoms with Crippen molar-refractivity contribution in [2.45, 2.75) is 13.3 Å². The van der Waals surface area contributed by atoms with E-state index < -0.39 is 0 Å². The van der Waals surface area contributed by atoms with Crippen molar-refractivity contribution in [2.24, 2.45) is 0 Å². The van der Waals surface area contributed by atoms with Crippen molar-refractivity contribution in [3.05, 3.63) is 34.9 Å². The minimum atomic E-state index is 0.509. The van der Waals surface area contributed by atoms with Gasteiger partial charge in [0.2, 0.25) is 0 Å². The molecule has 0 heterocycles. The average molecular weight is 317 g/mol. The van der Waals surface area contributed by atoms with Gasteiger partial charge in [-0.15, -0.1) is 0 Å². The highest BCUT2D eigenvalue weighted by atomic mass is 35.5. The summed E-state index contributed by atoms with van der Waals surface area (Å²) in [7, 11) is 0. The Balaban J connectivity index is 2.16. The Labute approximate surface area is 129 Å². The molecule has 0 unspecified atom stereocenters. The topological polar surface area (TPSA) is 48.1 Å². The number of halogens is 1. The Morgan fingerprint density at radius 2 is 1.63 bits per heavy atom. The Hall–Kier alpha value is -1.11. The van der Waals surface area contributed by atoms with Gasteiger partial charge in [-0.1, -0.05) is 23.7 Å². The lowest BCUT2D eigenvalue weighted by Crippen LogP contribution is -2.50. The molecule has 1 aromatic carbocycles. The van der Waals surface area contributed by atoms with Crippen LogP contribution in [0.1, 0.15) is 12.5 Å². The SMILES string of the molecule is CCNC(=S)NNC(=S)NCCc1ccc(Cl)cc1. The first-order valence-corrected chi connectivity index (χ1v) is 7.13. The molecule has 0 fully saturated rings. The molecule has 1 rings (SSSR count). The molecule has 1 aromatic rings. The van der Waals surface area contributed by atoms with Crippen LogP contribution in [0.25, 0.3) is 0 Å². The van der Waals surface area contributed by atoms with Crippen molar-refractivity contribution in [2.75, 3.05) is 13.1 Å². The molecule has 0 aliphatic heterocycles. The molecule has 0 saturated carbocycles. The largest absolute Gasteiger partial charge is 0.362 e. The van der Waals surface area contributed by atoms with E-state index in [0.717, 1.165) is 24.5 Å². The van der Waals surface area contributed by atoms with Crippen LogP contribution in [0.5, 0.6) is 0 Å². The number of hydrazine groups is 1. The lowest BCUT2D eigenvalue weighted by molar-refractivity contribution is 0.775. The van der Waals surface area contributed by atoms with Gasteiger partial charge in [0, 0.05) is 18.1 Å². The summed E-state index contributed by atoms with van der Waals surface area (Å²) in [5.74, 6) is 0. The van der Waals surface area contributed by atoms with E-state index >= 15 is 0 Å². The zero-order valence-electron chi connectivity index (χ0n) is 10.6. The molecule has 0 aliphatic carbocycles. The summed E-state index contributed by atoms with van der Waals surface area (Å²) >= 11 is 15.9. The van der Waals surface area contributed by atoms with E-state index in [0.29, 0.717) is 10.2 Å². The van der Waals surface area contributed by atoms with E-state index in [1.165, 1.54) is 5.56 Å². The maximum absolute atomic E-state index is 5.82. The molecular formula is C12H17ClN4S2. The molecule has 0 aliphatic rings. The van der Waals surface area contributed by atoms with Gasteiger partial charge in [-0.25, -0.2) is 0 Å². The highest BCUT2D eigenvalue weighted by Crippen LogP contribution is 2.09. The van der Waals surface area contributed by atoms with E-state index in [2.05, 4.69) is 21.5 Å². The highest BCUT2D eigenvalue weighted by molar-refractivity contribution is 7.80. The van der Waals surface area contributed by atoms with Crippen LogP contribution in [0.4, 0.5) is 0 Å². The maximum atomic E-state index is 5.82. The predicted molar refractivity (Wildman–Crippen MR) is 88.3 cm³/mol. The zero-order valence-corrected chi connectivity index (χ0v) is 13.0. The molecule has 0 atom stereocenters. The van der Waals surface area contributed by atoms with Gasteiger partial charge < -0.3 is 10.6 Å². The first-order valence-electron chi connectivity index (χ1n) is 5.94. The van der Waals surface area contributed by atoms with Crippen molar-refractivity contribution in [1.29, 1.82) is 0 Å². The van der Waals surface area contributed by atoms with Crippen LogP contribution in [0.3, 0.4) is 0 Å². The second kappa shape index (κ2) is 8.90. The molecule has 7 heteroatoms. The van der Waals surface area contributed by atoms with Gasteiger partial charge in [-0.3, -0.25) is 10.9 Å². The summed E-state index contributed by atoms with van der Waals surface area (Å²) < 4.78 is 0. The number of rotatable bonds is 4. The Morgan fingerprint density at radius 3 is 2.21 bits per heavy atom. The summed E-state index contributed by atoms with van der Waals surface area (Å²) in [5, 5.41) is 7.80. The standard InChI is InChI=1S/C12H17ClN4S2/c1-2-14-11(18)16-17-12(19)15-8-7-9-3-5-10(13)6-4-9/h3-6H,2,7-8H2,1H3,(H2,14,16,18)(H2,15,17,19). The molecule has 19 heavy (non-hydrogen) atoms. The molecule has 0 saturated heterocycles. The fourth-order valence-electron chi connectivity index (χ4n) is 1.33. The van der Waals surface area contributed by atoms with Crippen molar-refractivity contribution in [1.82, 2.24) is 21.5 Å². The van der Waals surface area contributed by atoms with Crippen molar-refractivity contribution in [3.63, 3.8) is 0 Å². The van der Waals surface area contributed by atoms with Crippen LogP contribution >= 0.6 is 36.0 Å². The van der Waals surface area contributed by atoms with Crippen molar-refractivity contribution in [3.8, 4) is 0 Å². The van der Waals surface area contributed by atoms with E-state index in [-0.39, 0.29) is 0 Å². The van der Waals surface area contributed by atoms with Crippen LogP contribution in [0.2, 0.25) is 5.02 Å². The lowest BCUT2D eigenvalue weighted by Gasteiger charge is -2.13. The lowest BCUT2D eigenvalue weighted by atomic mass is 10.1. The highest BCUT2D eigenvalue weighted by Gasteiger charge is 1.97. The van der Waals surface area contributed by atoms with Crippen LogP contribution in [0.15, 0.2) is 24.3 Å². The van der Waals surface area contributed by atoms with Crippen LogP contribution < -0.4 is 21.5 Å². The Morgan fingerprint density at radius 1 is 1.05 bits per heavy atom. The normalized spacial score (nSPS) is 9.58. The van der Waals surface area contributed by atoms with E-state index in [1.54, 1.807) is 0 Å². The molecule has 0 bridgehead atoms. The number of benzene rings is 1. The first kappa shape index (κ1) is 15.9. The minimum Gasteiger partial charge on any atom is -0.362 e. The third-order valence-electron chi connectivity index (χ3n) is 2.24. The molecule has 0 radical (unpaired) electrons. The van der Waals surface area contributed by atoms with Gasteiger partial charge in [0.1, 0.15) is 0 Å². The zero-order chi connectivity index (χ0) is 14.1. The summed E-state index contributed by atoms with van der Waals surface area (Å²) in [5.41, 5.74) is 6.80. The molecule has 0 amide bonds. The summed E-state index contributed by atoms with van der Waals surface area (Å²) in [6.45, 7) is 3.48. The number of nitrogens with one attached hydrogen (secondary N) is 4. The predicted octanol–water partition coefficient (Wildman–Crippen LogP) is 1.75. The van der Waals surface area contributed by atoms with E-state index in [1.807, 2.05) is 31.2 Å². The third-order valence-corrected chi connectivity index (χ3v) is 2.98. The number of hydrogen-bond acceptors (Lipinski definition) is 2. The van der Waals surface area contributed by atoms with E-state index in [9.17, 15) is 0 Å². The summed E-state index contributed by atoms with van der Waals surface area (Å²) in [4.78, 5) is 0. The van der Waals surface area contributed by atoms with Gasteiger partial charge in [0.25, 0.3) is 0 Å². The van der Waals surface area contributed by atoms with Crippen LogP contribution in [-0.4, -0.2) is 23.3 Å². The van der Waals surface area contributed by atoms with Crippen LogP contribution in [-0.2, 0) is 6.42 Å². The van der Waals surface area contributed by atoms with Gasteiger partial charge in [0.05, 0.1) is 0 Å². The molecule has 0 spiro atoms. The third kappa shape index (κ3) is 7.15. The molecule has 104 valence electrons. The quantitative estimate of drug-likeness (QED) is 0.501. The number of hydrogen-bond donors (Lipinski definition) is 4. The molecule has 4 nitrogen and oxygen atoms in total. The Bertz CT molecular complexity index is 422. The maximum Gasteiger partial charge on any atom is 0.185 e. The summed E-state index contributed by atoms with van der Waals surface area (Å²) in [6, 6.07) is 7.76.